The third kappa shape index (κ3) is 2.06. The van der Waals surface area contributed by atoms with E-state index >= 15 is 0 Å². The monoisotopic (exact) mass is 301 g/mol. The molecule has 1 aliphatic heterocycles. The standard InChI is InChI=1S/C12H16ClN3S2/c13-8-5-9-10(15-7-8)6-12(11(9)14)1-3-16(18-17)4-2-12/h5,7,11,17H,1-4,6,14H2/t11-/m1/s1. The zero-order chi connectivity index (χ0) is 12.8. The Hall–Kier alpha value is 0.0600. The van der Waals surface area contributed by atoms with Gasteiger partial charge in [0.25, 0.3) is 0 Å². The molecule has 3 rings (SSSR count). The first-order valence-corrected chi connectivity index (χ1v) is 8.31. The number of halogens is 1. The first-order chi connectivity index (χ1) is 8.64. The topological polar surface area (TPSA) is 42.1 Å². The zero-order valence-corrected chi connectivity index (χ0v) is 12.4. The van der Waals surface area contributed by atoms with E-state index in [1.54, 1.807) is 6.20 Å². The molecule has 3 nitrogen and oxygen atoms in total. The van der Waals surface area contributed by atoms with E-state index in [9.17, 15) is 0 Å². The molecule has 1 spiro atoms. The second kappa shape index (κ2) is 4.87. The van der Waals surface area contributed by atoms with E-state index in [2.05, 4.69) is 20.9 Å². The molecule has 0 saturated carbocycles. The van der Waals surface area contributed by atoms with Gasteiger partial charge in [-0.1, -0.05) is 23.3 Å². The molecule has 2 aliphatic rings. The molecular weight excluding hydrogens is 286 g/mol. The Morgan fingerprint density at radius 3 is 2.89 bits per heavy atom. The Morgan fingerprint density at radius 1 is 1.50 bits per heavy atom. The Morgan fingerprint density at radius 2 is 2.22 bits per heavy atom. The number of pyridine rings is 1. The Bertz CT molecular complexity index is 461. The molecule has 0 radical (unpaired) electrons. The summed E-state index contributed by atoms with van der Waals surface area (Å²) in [6, 6.07) is 2.06. The summed E-state index contributed by atoms with van der Waals surface area (Å²) in [4.78, 5) is 4.45. The van der Waals surface area contributed by atoms with Gasteiger partial charge < -0.3 is 5.73 Å². The van der Waals surface area contributed by atoms with Gasteiger partial charge in [0.15, 0.2) is 0 Å². The highest BCUT2D eigenvalue weighted by Crippen LogP contribution is 2.51. The number of hydrogen-bond acceptors (Lipinski definition) is 5. The van der Waals surface area contributed by atoms with E-state index in [0.717, 1.165) is 43.6 Å². The van der Waals surface area contributed by atoms with E-state index in [4.69, 9.17) is 17.3 Å². The van der Waals surface area contributed by atoms with Crippen LogP contribution in [-0.2, 0) is 6.42 Å². The zero-order valence-electron chi connectivity index (χ0n) is 9.97. The van der Waals surface area contributed by atoms with Crippen LogP contribution in [0, 0.1) is 5.41 Å². The molecule has 0 unspecified atom stereocenters. The van der Waals surface area contributed by atoms with Gasteiger partial charge in [0, 0.05) is 31.0 Å². The van der Waals surface area contributed by atoms with Crippen LogP contribution in [0.25, 0.3) is 0 Å². The van der Waals surface area contributed by atoms with Crippen molar-refractivity contribution in [2.75, 3.05) is 13.1 Å². The molecular formula is C12H16ClN3S2. The highest BCUT2D eigenvalue weighted by atomic mass is 35.5. The SMILES string of the molecule is N[C@@H]1c2cc(Cl)cnc2CC12CCN(SS)CC2. The van der Waals surface area contributed by atoms with Crippen molar-refractivity contribution in [3.8, 4) is 0 Å². The lowest BCUT2D eigenvalue weighted by Gasteiger charge is -2.40. The third-order valence-electron chi connectivity index (χ3n) is 4.32. The van der Waals surface area contributed by atoms with Crippen molar-refractivity contribution in [3.63, 3.8) is 0 Å². The van der Waals surface area contributed by atoms with Crippen molar-refractivity contribution < 1.29 is 0 Å². The van der Waals surface area contributed by atoms with Crippen molar-refractivity contribution in [3.05, 3.63) is 28.5 Å². The number of rotatable bonds is 1. The van der Waals surface area contributed by atoms with E-state index in [1.165, 1.54) is 11.0 Å². The molecule has 18 heavy (non-hydrogen) atoms. The van der Waals surface area contributed by atoms with Gasteiger partial charge in [-0.25, -0.2) is 4.31 Å². The van der Waals surface area contributed by atoms with E-state index in [1.807, 2.05) is 6.07 Å². The minimum Gasteiger partial charge on any atom is -0.323 e. The number of nitrogens with two attached hydrogens (primary N) is 1. The Labute approximate surface area is 121 Å². The van der Waals surface area contributed by atoms with Gasteiger partial charge in [0.1, 0.15) is 0 Å². The fourth-order valence-corrected chi connectivity index (χ4v) is 4.18. The van der Waals surface area contributed by atoms with Gasteiger partial charge in [0.05, 0.1) is 5.02 Å². The van der Waals surface area contributed by atoms with Crippen LogP contribution in [-0.4, -0.2) is 22.4 Å². The summed E-state index contributed by atoms with van der Waals surface area (Å²) in [7, 11) is 1.53. The maximum Gasteiger partial charge on any atom is 0.0592 e. The Kier molecular flexibility index (Phi) is 3.53. The van der Waals surface area contributed by atoms with Gasteiger partial charge >= 0.3 is 0 Å². The number of nitrogens with zero attached hydrogens (tertiary/aromatic N) is 2. The maximum absolute atomic E-state index is 6.47. The second-order valence-corrected chi connectivity index (χ2v) is 6.82. The lowest BCUT2D eigenvalue weighted by atomic mass is 9.74. The van der Waals surface area contributed by atoms with Crippen LogP contribution in [0.4, 0.5) is 0 Å². The number of thiol groups is 1. The van der Waals surface area contributed by atoms with Crippen molar-refractivity contribution in [2.24, 2.45) is 11.1 Å². The number of piperidine rings is 1. The molecule has 0 amide bonds. The molecule has 1 aliphatic carbocycles. The average molecular weight is 302 g/mol. The summed E-state index contributed by atoms with van der Waals surface area (Å²) in [5, 5.41) is 0.685. The minimum atomic E-state index is 0.0748. The average Bonchev–Trinajstić information content (AvgIpc) is 2.65. The molecule has 1 saturated heterocycles. The molecule has 2 N–H and O–H groups in total. The van der Waals surface area contributed by atoms with Gasteiger partial charge in [-0.05, 0) is 47.3 Å². The predicted molar refractivity (Wildman–Crippen MR) is 79.7 cm³/mol. The number of hydrogen-bond donors (Lipinski definition) is 2. The molecule has 6 heteroatoms. The Balaban J connectivity index is 1.86. The van der Waals surface area contributed by atoms with Crippen LogP contribution in [0.5, 0.6) is 0 Å². The van der Waals surface area contributed by atoms with Crippen LogP contribution < -0.4 is 5.73 Å². The van der Waals surface area contributed by atoms with Gasteiger partial charge in [0.2, 0.25) is 0 Å². The maximum atomic E-state index is 6.47. The van der Waals surface area contributed by atoms with Crippen molar-refractivity contribution in [1.29, 1.82) is 0 Å². The predicted octanol–water partition coefficient (Wildman–Crippen LogP) is 2.87. The molecule has 0 bridgehead atoms. The highest BCUT2D eigenvalue weighted by Gasteiger charge is 2.46. The minimum absolute atomic E-state index is 0.0748. The normalized spacial score (nSPS) is 26.5. The lowest BCUT2D eigenvalue weighted by Crippen LogP contribution is -2.41. The molecule has 1 aromatic rings. The van der Waals surface area contributed by atoms with Crippen LogP contribution in [0.3, 0.4) is 0 Å². The van der Waals surface area contributed by atoms with Crippen molar-refractivity contribution >= 4 is 34.2 Å². The first-order valence-electron chi connectivity index (χ1n) is 6.11. The van der Waals surface area contributed by atoms with Crippen LogP contribution in [0.15, 0.2) is 12.3 Å². The smallest absolute Gasteiger partial charge is 0.0592 e. The summed E-state index contributed by atoms with van der Waals surface area (Å²) < 4.78 is 2.28. The quantitative estimate of drug-likeness (QED) is 0.475. The fourth-order valence-electron chi connectivity index (χ4n) is 3.17. The number of fused-ring (bicyclic) bond motifs is 1. The molecule has 0 aromatic carbocycles. The van der Waals surface area contributed by atoms with E-state index in [-0.39, 0.29) is 11.5 Å². The van der Waals surface area contributed by atoms with Gasteiger partial charge in [-0.15, -0.1) is 0 Å². The van der Waals surface area contributed by atoms with Crippen molar-refractivity contribution in [2.45, 2.75) is 25.3 Å². The fraction of sp³-hybridized carbons (Fsp3) is 0.583. The summed E-state index contributed by atoms with van der Waals surface area (Å²) in [5.41, 5.74) is 8.93. The number of aromatic nitrogens is 1. The largest absolute Gasteiger partial charge is 0.323 e. The highest BCUT2D eigenvalue weighted by molar-refractivity contribution is 8.67. The first kappa shape index (κ1) is 13.1. The van der Waals surface area contributed by atoms with Crippen LogP contribution in [0.2, 0.25) is 5.02 Å². The summed E-state index contributed by atoms with van der Waals surface area (Å²) in [6.07, 6.45) is 4.93. The van der Waals surface area contributed by atoms with Crippen LogP contribution >= 0.6 is 34.2 Å². The van der Waals surface area contributed by atoms with E-state index < -0.39 is 0 Å². The van der Waals surface area contributed by atoms with Gasteiger partial charge in [-0.2, -0.15) is 0 Å². The second-order valence-electron chi connectivity index (χ2n) is 5.22. The molecule has 1 fully saturated rings. The summed E-state index contributed by atoms with van der Waals surface area (Å²) >= 11 is 10.3. The summed E-state index contributed by atoms with van der Waals surface area (Å²) in [5.74, 6) is 0. The third-order valence-corrected chi connectivity index (χ3v) is 5.81. The molecule has 2 heterocycles. The lowest BCUT2D eigenvalue weighted by molar-refractivity contribution is 0.139. The van der Waals surface area contributed by atoms with Gasteiger partial charge in [-0.3, -0.25) is 4.98 Å². The molecule has 1 aromatic heterocycles. The molecule has 98 valence electrons. The van der Waals surface area contributed by atoms with Crippen molar-refractivity contribution in [1.82, 2.24) is 9.29 Å². The summed E-state index contributed by atoms with van der Waals surface area (Å²) in [6.45, 7) is 2.09. The molecule has 1 atom stereocenters. The van der Waals surface area contributed by atoms with Crippen LogP contribution in [0.1, 0.15) is 30.1 Å². The van der Waals surface area contributed by atoms with E-state index in [0.29, 0.717) is 5.02 Å².